The Kier molecular flexibility index (Phi) is 2.64. The van der Waals surface area contributed by atoms with E-state index in [0.717, 1.165) is 24.0 Å². The van der Waals surface area contributed by atoms with Gasteiger partial charge in [-0.1, -0.05) is 13.3 Å². The molecule has 2 heterocycles. The molecule has 76 valence electrons. The van der Waals surface area contributed by atoms with Gasteiger partial charge in [0.05, 0.1) is 0 Å². The van der Waals surface area contributed by atoms with Crippen LogP contribution in [0.3, 0.4) is 0 Å². The fourth-order valence-corrected chi connectivity index (χ4v) is 3.53. The molecule has 2 fully saturated rings. The number of piperidine rings is 2. The Morgan fingerprint density at radius 2 is 1.62 bits per heavy atom. The van der Waals surface area contributed by atoms with Crippen LogP contribution < -0.4 is 0 Å². The number of hydrogen-bond acceptors (Lipinski definition) is 1. The number of fused-ring (bicyclic) bond motifs is 2. The van der Waals surface area contributed by atoms with Gasteiger partial charge >= 0.3 is 0 Å². The zero-order chi connectivity index (χ0) is 9.42. The summed E-state index contributed by atoms with van der Waals surface area (Å²) in [4.78, 5) is 2.80. The van der Waals surface area contributed by atoms with E-state index in [9.17, 15) is 0 Å². The summed E-state index contributed by atoms with van der Waals surface area (Å²) >= 11 is 0. The molecule has 2 aliphatic rings. The van der Waals surface area contributed by atoms with Gasteiger partial charge in [0.1, 0.15) is 0 Å². The Hall–Kier alpha value is -0.0400. The normalized spacial score (nSPS) is 41.1. The molecular weight excluding hydrogens is 158 g/mol. The van der Waals surface area contributed by atoms with E-state index < -0.39 is 0 Å². The molecule has 0 aromatic rings. The highest BCUT2D eigenvalue weighted by Gasteiger charge is 2.37. The van der Waals surface area contributed by atoms with Crippen LogP contribution >= 0.6 is 0 Å². The lowest BCUT2D eigenvalue weighted by molar-refractivity contribution is -0.00602. The van der Waals surface area contributed by atoms with Crippen molar-refractivity contribution in [1.82, 2.24) is 4.90 Å². The molecule has 13 heavy (non-hydrogen) atoms. The monoisotopic (exact) mass is 181 g/mol. The minimum absolute atomic E-state index is 0.766. The maximum atomic E-state index is 2.80. The van der Waals surface area contributed by atoms with Crippen molar-refractivity contribution in [3.8, 4) is 0 Å². The van der Waals surface area contributed by atoms with Crippen LogP contribution in [-0.4, -0.2) is 23.0 Å². The van der Waals surface area contributed by atoms with E-state index >= 15 is 0 Å². The summed E-state index contributed by atoms with van der Waals surface area (Å²) < 4.78 is 0. The van der Waals surface area contributed by atoms with E-state index in [0.29, 0.717) is 0 Å². The number of hydrogen-bond donors (Lipinski definition) is 0. The third-order valence-corrected chi connectivity index (χ3v) is 3.86. The van der Waals surface area contributed by atoms with Gasteiger partial charge in [-0.15, -0.1) is 0 Å². The lowest BCUT2D eigenvalue weighted by Crippen LogP contribution is -2.54. The molecule has 2 rings (SSSR count). The summed E-state index contributed by atoms with van der Waals surface area (Å²) in [6, 6.07) is 2.60. The molecule has 0 spiro atoms. The van der Waals surface area contributed by atoms with E-state index in [1.165, 1.54) is 32.1 Å². The Morgan fingerprint density at radius 1 is 1.08 bits per heavy atom. The predicted octanol–water partition coefficient (Wildman–Crippen LogP) is 3.05. The van der Waals surface area contributed by atoms with E-state index in [-0.39, 0.29) is 0 Å². The fourth-order valence-electron chi connectivity index (χ4n) is 3.53. The first kappa shape index (κ1) is 9.51. The van der Waals surface area contributed by atoms with E-state index in [2.05, 4.69) is 25.7 Å². The second kappa shape index (κ2) is 3.61. The molecule has 1 unspecified atom stereocenters. The maximum absolute atomic E-state index is 2.80. The molecule has 0 aromatic heterocycles. The Balaban J connectivity index is 2.10. The Labute approximate surface area is 82.5 Å². The van der Waals surface area contributed by atoms with E-state index in [1.807, 2.05) is 0 Å². The van der Waals surface area contributed by atoms with Crippen LogP contribution in [0, 0.1) is 5.92 Å². The van der Waals surface area contributed by atoms with Crippen LogP contribution in [0.25, 0.3) is 0 Å². The van der Waals surface area contributed by atoms with Gasteiger partial charge in [-0.2, -0.15) is 0 Å². The average molecular weight is 181 g/mol. The summed E-state index contributed by atoms with van der Waals surface area (Å²) in [7, 11) is 0. The molecule has 2 saturated heterocycles. The van der Waals surface area contributed by atoms with Gasteiger partial charge in [0.2, 0.25) is 0 Å². The zero-order valence-electron chi connectivity index (χ0n) is 9.29. The zero-order valence-corrected chi connectivity index (χ0v) is 9.29. The van der Waals surface area contributed by atoms with Crippen LogP contribution in [0.5, 0.6) is 0 Å². The molecule has 0 aliphatic carbocycles. The molecule has 1 nitrogen and oxygen atoms in total. The second-order valence-corrected chi connectivity index (χ2v) is 5.36. The van der Waals surface area contributed by atoms with Crippen molar-refractivity contribution >= 4 is 0 Å². The SMILES string of the molecule is CC1C[C@H]2CCC[C@@H](C1)N2C(C)C. The highest BCUT2D eigenvalue weighted by molar-refractivity contribution is 4.92. The third kappa shape index (κ3) is 1.76. The summed E-state index contributed by atoms with van der Waals surface area (Å²) in [5.74, 6) is 0.977. The Bertz CT molecular complexity index is 162. The molecule has 0 amide bonds. The quantitative estimate of drug-likeness (QED) is 0.601. The van der Waals surface area contributed by atoms with Crippen molar-refractivity contribution in [2.45, 2.75) is 71.0 Å². The smallest absolute Gasteiger partial charge is 0.0103 e. The minimum Gasteiger partial charge on any atom is -0.295 e. The molecule has 0 saturated carbocycles. The fraction of sp³-hybridized carbons (Fsp3) is 1.00. The van der Waals surface area contributed by atoms with Crippen molar-refractivity contribution in [1.29, 1.82) is 0 Å². The highest BCUT2D eigenvalue weighted by Crippen LogP contribution is 2.37. The van der Waals surface area contributed by atoms with Gasteiger partial charge in [-0.25, -0.2) is 0 Å². The molecular formula is C12H23N. The third-order valence-electron chi connectivity index (χ3n) is 3.86. The van der Waals surface area contributed by atoms with Crippen LogP contribution in [0.1, 0.15) is 52.9 Å². The van der Waals surface area contributed by atoms with Crippen molar-refractivity contribution in [2.24, 2.45) is 5.92 Å². The highest BCUT2D eigenvalue weighted by atomic mass is 15.2. The first-order valence-electron chi connectivity index (χ1n) is 5.96. The van der Waals surface area contributed by atoms with Crippen LogP contribution in [0.4, 0.5) is 0 Å². The van der Waals surface area contributed by atoms with Crippen molar-refractivity contribution in [3.63, 3.8) is 0 Å². The largest absolute Gasteiger partial charge is 0.295 e. The summed E-state index contributed by atoms with van der Waals surface area (Å²) in [6.45, 7) is 7.16. The Morgan fingerprint density at radius 3 is 2.08 bits per heavy atom. The summed E-state index contributed by atoms with van der Waals surface area (Å²) in [5.41, 5.74) is 0. The molecule has 2 aliphatic heterocycles. The lowest BCUT2D eigenvalue weighted by atomic mass is 9.78. The van der Waals surface area contributed by atoms with Gasteiger partial charge in [-0.05, 0) is 45.4 Å². The standard InChI is InChI=1S/C12H23N/c1-9(2)13-11-5-4-6-12(13)8-10(3)7-11/h9-12H,4-8H2,1-3H3/t10?,11-,12+. The molecule has 1 heteroatoms. The van der Waals surface area contributed by atoms with Crippen LogP contribution in [-0.2, 0) is 0 Å². The topological polar surface area (TPSA) is 3.24 Å². The molecule has 0 N–H and O–H groups in total. The first-order valence-corrected chi connectivity index (χ1v) is 5.96. The predicted molar refractivity (Wildman–Crippen MR) is 56.8 cm³/mol. The summed E-state index contributed by atoms with van der Waals surface area (Å²) in [6.07, 6.45) is 7.30. The van der Waals surface area contributed by atoms with Crippen molar-refractivity contribution in [2.75, 3.05) is 0 Å². The van der Waals surface area contributed by atoms with Crippen molar-refractivity contribution in [3.05, 3.63) is 0 Å². The first-order chi connectivity index (χ1) is 6.18. The molecule has 3 atom stereocenters. The van der Waals surface area contributed by atoms with Gasteiger partial charge in [0, 0.05) is 18.1 Å². The van der Waals surface area contributed by atoms with Crippen LogP contribution in [0.15, 0.2) is 0 Å². The maximum Gasteiger partial charge on any atom is 0.0103 e. The van der Waals surface area contributed by atoms with E-state index in [4.69, 9.17) is 0 Å². The van der Waals surface area contributed by atoms with Gasteiger partial charge in [0.25, 0.3) is 0 Å². The van der Waals surface area contributed by atoms with Crippen molar-refractivity contribution < 1.29 is 0 Å². The van der Waals surface area contributed by atoms with Crippen LogP contribution in [0.2, 0.25) is 0 Å². The van der Waals surface area contributed by atoms with Gasteiger partial charge < -0.3 is 0 Å². The molecule has 0 radical (unpaired) electrons. The van der Waals surface area contributed by atoms with Gasteiger partial charge in [0.15, 0.2) is 0 Å². The second-order valence-electron chi connectivity index (χ2n) is 5.36. The van der Waals surface area contributed by atoms with Gasteiger partial charge in [-0.3, -0.25) is 4.90 Å². The summed E-state index contributed by atoms with van der Waals surface area (Å²) in [5, 5.41) is 0. The number of rotatable bonds is 1. The molecule has 0 aromatic carbocycles. The minimum atomic E-state index is 0.766. The average Bonchev–Trinajstić information content (AvgIpc) is 2.01. The number of nitrogens with zero attached hydrogens (tertiary/aromatic N) is 1. The van der Waals surface area contributed by atoms with E-state index in [1.54, 1.807) is 0 Å². The lowest BCUT2D eigenvalue weighted by Gasteiger charge is -2.50. The molecule has 2 bridgehead atoms.